The second-order valence-electron chi connectivity index (χ2n) is 6.85. The molecule has 0 aliphatic carbocycles. The van der Waals surface area contributed by atoms with Gasteiger partial charge in [-0.25, -0.2) is 0 Å². The maximum atomic E-state index is 12.7. The molecule has 0 unspecified atom stereocenters. The minimum Gasteiger partial charge on any atom is -0.492 e. The van der Waals surface area contributed by atoms with Crippen molar-refractivity contribution < 1.29 is 14.3 Å². The average Bonchev–Trinajstić information content (AvgIpc) is 2.60. The second kappa shape index (κ2) is 8.85. The normalized spacial score (nSPS) is 18.9. The molecule has 25 heavy (non-hydrogen) atoms. The quantitative estimate of drug-likeness (QED) is 0.809. The Morgan fingerprint density at radius 3 is 2.88 bits per heavy atom. The van der Waals surface area contributed by atoms with E-state index in [1.807, 2.05) is 50.1 Å². The third kappa shape index (κ3) is 5.46. The molecule has 1 aliphatic heterocycles. The summed E-state index contributed by atoms with van der Waals surface area (Å²) in [5, 5.41) is 0. The van der Waals surface area contributed by atoms with Gasteiger partial charge >= 0.3 is 0 Å². The highest BCUT2D eigenvalue weighted by Crippen LogP contribution is 2.18. The van der Waals surface area contributed by atoms with Crippen LogP contribution in [0, 0.1) is 12.8 Å². The van der Waals surface area contributed by atoms with E-state index in [0.717, 1.165) is 24.2 Å². The van der Waals surface area contributed by atoms with Crippen molar-refractivity contribution in [3.05, 3.63) is 29.8 Å². The number of nitrogens with two attached hydrogens (primary N) is 1. The van der Waals surface area contributed by atoms with Gasteiger partial charge in [-0.3, -0.25) is 14.5 Å². The van der Waals surface area contributed by atoms with Gasteiger partial charge in [-0.1, -0.05) is 12.1 Å². The van der Waals surface area contributed by atoms with Crippen LogP contribution in [-0.2, 0) is 9.59 Å². The fourth-order valence-electron chi connectivity index (χ4n) is 3.07. The van der Waals surface area contributed by atoms with Crippen LogP contribution < -0.4 is 10.5 Å². The number of piperidine rings is 1. The van der Waals surface area contributed by atoms with Crippen LogP contribution in [0.1, 0.15) is 25.3 Å². The van der Waals surface area contributed by atoms with Gasteiger partial charge in [0.25, 0.3) is 0 Å². The number of aryl methyl sites for hydroxylation is 1. The van der Waals surface area contributed by atoms with Gasteiger partial charge in [-0.2, -0.15) is 0 Å². The topological polar surface area (TPSA) is 75.9 Å². The number of rotatable bonds is 7. The molecule has 0 aromatic heterocycles. The van der Waals surface area contributed by atoms with E-state index in [-0.39, 0.29) is 23.8 Å². The lowest BCUT2D eigenvalue weighted by molar-refractivity contribution is -0.139. The van der Waals surface area contributed by atoms with E-state index in [2.05, 4.69) is 0 Å². The van der Waals surface area contributed by atoms with Crippen molar-refractivity contribution in [2.24, 2.45) is 11.7 Å². The van der Waals surface area contributed by atoms with Crippen LogP contribution in [-0.4, -0.2) is 60.9 Å². The molecule has 0 radical (unpaired) electrons. The molecule has 1 aliphatic rings. The number of amides is 2. The standard InChI is InChI=1S/C19H29N3O3/c1-14-6-4-8-17(12-14)25-11-10-21(3)15(2)19(24)22-9-5-7-16(13-22)18(20)23/h4,6,8,12,15-16H,5,7,9-11,13H2,1-3H3,(H2,20,23)/t15-,16+/m1/s1. The first-order chi connectivity index (χ1) is 11.9. The van der Waals surface area contributed by atoms with Crippen LogP contribution in [0.4, 0.5) is 0 Å². The number of hydrogen-bond acceptors (Lipinski definition) is 4. The van der Waals surface area contributed by atoms with E-state index in [0.29, 0.717) is 26.2 Å². The van der Waals surface area contributed by atoms with E-state index in [1.165, 1.54) is 0 Å². The number of carbonyl (C=O) groups is 2. The summed E-state index contributed by atoms with van der Waals surface area (Å²) in [5.74, 6) is 0.349. The first-order valence-corrected chi connectivity index (χ1v) is 8.86. The molecule has 2 amide bonds. The predicted molar refractivity (Wildman–Crippen MR) is 97.3 cm³/mol. The number of benzene rings is 1. The number of ether oxygens (including phenoxy) is 1. The molecule has 2 rings (SSSR count). The molecule has 2 atom stereocenters. The van der Waals surface area contributed by atoms with Gasteiger partial charge in [0, 0.05) is 19.6 Å². The van der Waals surface area contributed by atoms with Gasteiger partial charge in [0.1, 0.15) is 12.4 Å². The molecular weight excluding hydrogens is 318 g/mol. The molecule has 1 aromatic carbocycles. The van der Waals surface area contributed by atoms with Gasteiger partial charge in [0.2, 0.25) is 11.8 Å². The Morgan fingerprint density at radius 1 is 1.44 bits per heavy atom. The zero-order valence-electron chi connectivity index (χ0n) is 15.4. The van der Waals surface area contributed by atoms with E-state index in [4.69, 9.17) is 10.5 Å². The van der Waals surface area contributed by atoms with Crippen LogP contribution in [0.15, 0.2) is 24.3 Å². The molecule has 0 spiro atoms. The van der Waals surface area contributed by atoms with Crippen molar-refractivity contribution in [3.63, 3.8) is 0 Å². The first-order valence-electron chi connectivity index (χ1n) is 8.86. The highest BCUT2D eigenvalue weighted by molar-refractivity contribution is 5.83. The smallest absolute Gasteiger partial charge is 0.239 e. The highest BCUT2D eigenvalue weighted by Gasteiger charge is 2.30. The number of primary amides is 1. The van der Waals surface area contributed by atoms with Gasteiger partial charge in [0.15, 0.2) is 0 Å². The SMILES string of the molecule is Cc1cccc(OCCN(C)[C@H](C)C(=O)N2CCC[C@H](C(N)=O)C2)c1. The van der Waals surface area contributed by atoms with Crippen LogP contribution in [0.3, 0.4) is 0 Å². The van der Waals surface area contributed by atoms with Gasteiger partial charge in [0.05, 0.1) is 12.0 Å². The summed E-state index contributed by atoms with van der Waals surface area (Å²) in [6.45, 7) is 6.21. The fraction of sp³-hybridized carbons (Fsp3) is 0.579. The Balaban J connectivity index is 1.81. The molecule has 1 aromatic rings. The van der Waals surface area contributed by atoms with E-state index in [9.17, 15) is 9.59 Å². The summed E-state index contributed by atoms with van der Waals surface area (Å²) in [4.78, 5) is 27.8. The number of hydrogen-bond donors (Lipinski definition) is 1. The van der Waals surface area contributed by atoms with E-state index in [1.54, 1.807) is 4.90 Å². The summed E-state index contributed by atoms with van der Waals surface area (Å²) < 4.78 is 5.75. The number of likely N-dealkylation sites (tertiary alicyclic amines) is 1. The van der Waals surface area contributed by atoms with E-state index < -0.39 is 0 Å². The predicted octanol–water partition coefficient (Wildman–Crippen LogP) is 1.42. The number of likely N-dealkylation sites (N-methyl/N-ethyl adjacent to an activating group) is 1. The zero-order valence-corrected chi connectivity index (χ0v) is 15.4. The fourth-order valence-corrected chi connectivity index (χ4v) is 3.07. The summed E-state index contributed by atoms with van der Waals surface area (Å²) in [6.07, 6.45) is 1.60. The Hall–Kier alpha value is -2.08. The van der Waals surface area contributed by atoms with Crippen molar-refractivity contribution in [2.45, 2.75) is 32.7 Å². The van der Waals surface area contributed by atoms with Crippen LogP contribution >= 0.6 is 0 Å². The third-order valence-corrected chi connectivity index (χ3v) is 4.86. The summed E-state index contributed by atoms with van der Waals surface area (Å²) in [6, 6.07) is 7.66. The van der Waals surface area contributed by atoms with Crippen molar-refractivity contribution in [3.8, 4) is 5.75 Å². The molecule has 1 heterocycles. The summed E-state index contributed by atoms with van der Waals surface area (Å²) in [7, 11) is 1.91. The Bertz CT molecular complexity index is 605. The highest BCUT2D eigenvalue weighted by atomic mass is 16.5. The minimum atomic E-state index is -0.315. The van der Waals surface area contributed by atoms with Crippen LogP contribution in [0.2, 0.25) is 0 Å². The largest absolute Gasteiger partial charge is 0.492 e. The Morgan fingerprint density at radius 2 is 2.20 bits per heavy atom. The van der Waals surface area contributed by atoms with Crippen LogP contribution in [0.5, 0.6) is 5.75 Å². The molecule has 2 N–H and O–H groups in total. The van der Waals surface area contributed by atoms with Crippen LogP contribution in [0.25, 0.3) is 0 Å². The third-order valence-electron chi connectivity index (χ3n) is 4.86. The number of carbonyl (C=O) groups excluding carboxylic acids is 2. The molecule has 138 valence electrons. The summed E-state index contributed by atoms with van der Waals surface area (Å²) >= 11 is 0. The Labute approximate surface area is 149 Å². The van der Waals surface area contributed by atoms with E-state index >= 15 is 0 Å². The minimum absolute atomic E-state index is 0.0454. The van der Waals surface area contributed by atoms with Gasteiger partial charge in [-0.05, 0) is 51.4 Å². The monoisotopic (exact) mass is 347 g/mol. The number of nitrogens with zero attached hydrogens (tertiary/aromatic N) is 2. The second-order valence-corrected chi connectivity index (χ2v) is 6.85. The molecule has 1 fully saturated rings. The maximum absolute atomic E-state index is 12.7. The van der Waals surface area contributed by atoms with Crippen molar-refractivity contribution >= 4 is 11.8 Å². The van der Waals surface area contributed by atoms with Gasteiger partial charge < -0.3 is 15.4 Å². The summed E-state index contributed by atoms with van der Waals surface area (Å²) in [5.41, 5.74) is 6.55. The lowest BCUT2D eigenvalue weighted by Gasteiger charge is -2.35. The maximum Gasteiger partial charge on any atom is 0.239 e. The van der Waals surface area contributed by atoms with Gasteiger partial charge in [-0.15, -0.1) is 0 Å². The molecule has 6 heteroatoms. The Kier molecular flexibility index (Phi) is 6.82. The molecule has 1 saturated heterocycles. The lowest BCUT2D eigenvalue weighted by atomic mass is 9.97. The zero-order chi connectivity index (χ0) is 18.4. The average molecular weight is 347 g/mol. The van der Waals surface area contributed by atoms with Crippen molar-refractivity contribution in [2.75, 3.05) is 33.3 Å². The lowest BCUT2D eigenvalue weighted by Crippen LogP contribution is -2.51. The molecular formula is C19H29N3O3. The molecule has 6 nitrogen and oxygen atoms in total. The molecule has 0 bridgehead atoms. The van der Waals surface area contributed by atoms with Crippen molar-refractivity contribution in [1.82, 2.24) is 9.80 Å². The molecule has 0 saturated carbocycles. The van der Waals surface area contributed by atoms with Crippen molar-refractivity contribution in [1.29, 1.82) is 0 Å². The first kappa shape index (κ1) is 19.2.